The van der Waals surface area contributed by atoms with Crippen LogP contribution in [0.15, 0.2) is 53.5 Å². The second kappa shape index (κ2) is 11.5. The summed E-state index contributed by atoms with van der Waals surface area (Å²) in [6, 6.07) is 14.5. The molecule has 7 nitrogen and oxygen atoms in total. The average Bonchev–Trinajstić information content (AvgIpc) is 3.36. The number of benzene rings is 2. The first-order chi connectivity index (χ1) is 17.9. The molecule has 194 valence electrons. The maximum atomic E-state index is 13.2. The zero-order valence-electron chi connectivity index (χ0n) is 21.1. The number of nitrogens with two attached hydrogens (primary N) is 1. The molecule has 2 aromatic heterocycles. The molecule has 1 aliphatic rings. The summed E-state index contributed by atoms with van der Waals surface area (Å²) >= 11 is 7.86. The maximum Gasteiger partial charge on any atom is 0.227 e. The van der Waals surface area contributed by atoms with Crippen molar-refractivity contribution < 1.29 is 4.79 Å². The van der Waals surface area contributed by atoms with Crippen molar-refractivity contribution in [3.05, 3.63) is 92.3 Å². The number of aliphatic imine (C=N–C) groups is 1. The Balaban J connectivity index is 0.00000336. The van der Waals surface area contributed by atoms with E-state index in [0.29, 0.717) is 23.1 Å². The third-order valence-corrected chi connectivity index (χ3v) is 7.68. The molecule has 5 rings (SSSR count). The Bertz CT molecular complexity index is 1580. The van der Waals surface area contributed by atoms with Crippen molar-refractivity contribution in [2.75, 3.05) is 11.9 Å². The minimum Gasteiger partial charge on any atom is -0.326 e. The van der Waals surface area contributed by atoms with Crippen molar-refractivity contribution in [3.63, 3.8) is 0 Å². The van der Waals surface area contributed by atoms with Gasteiger partial charge in [-0.1, -0.05) is 35.6 Å². The summed E-state index contributed by atoms with van der Waals surface area (Å²) in [4.78, 5) is 19.5. The predicted molar refractivity (Wildman–Crippen MR) is 156 cm³/mol. The summed E-state index contributed by atoms with van der Waals surface area (Å²) in [5, 5.41) is 13.4. The van der Waals surface area contributed by atoms with Gasteiger partial charge in [0.1, 0.15) is 16.9 Å². The SMILES string of the molecule is Cc1sc2c(c1C)C(c1ccc(Cl)cc1)=NC(CC(=O)Nc1ccc(C#CCN)cc1)c1nnc(C)n1-2.Cl. The zero-order valence-corrected chi connectivity index (χ0v) is 23.5. The first-order valence-corrected chi connectivity index (χ1v) is 13.0. The first kappa shape index (κ1) is 27.6. The number of nitrogens with zero attached hydrogens (tertiary/aromatic N) is 4. The lowest BCUT2D eigenvalue weighted by Crippen LogP contribution is -2.17. The number of hydrogen-bond acceptors (Lipinski definition) is 6. The van der Waals surface area contributed by atoms with Crippen LogP contribution in [0.2, 0.25) is 5.02 Å². The molecule has 10 heteroatoms. The lowest BCUT2D eigenvalue weighted by Gasteiger charge is -2.13. The standard InChI is InChI=1S/C28H25ClN6OS.ClH/c1-16-17(2)37-28-25(16)26(20-8-10-21(29)11-9-20)32-23(27-34-33-18(3)35(27)28)15-24(36)31-22-12-6-19(7-13-22)5-4-14-30;/h6-13,23H,14-15,30H2,1-3H3,(H,31,36);1H. The van der Waals surface area contributed by atoms with Gasteiger partial charge in [0.05, 0.1) is 18.7 Å². The highest BCUT2D eigenvalue weighted by molar-refractivity contribution is 7.15. The average molecular weight is 566 g/mol. The van der Waals surface area contributed by atoms with Crippen LogP contribution in [-0.4, -0.2) is 32.9 Å². The number of hydrogen-bond donors (Lipinski definition) is 2. The second-order valence-corrected chi connectivity index (χ2v) is 10.4. The normalized spacial score (nSPS) is 13.7. The first-order valence-electron chi connectivity index (χ1n) is 11.8. The number of anilines is 1. The van der Waals surface area contributed by atoms with E-state index in [2.05, 4.69) is 41.2 Å². The Morgan fingerprint density at radius 1 is 1.11 bits per heavy atom. The number of carbonyl (C=O) groups is 1. The van der Waals surface area contributed by atoms with Crippen molar-refractivity contribution >= 4 is 52.7 Å². The highest BCUT2D eigenvalue weighted by atomic mass is 35.5. The van der Waals surface area contributed by atoms with E-state index in [1.807, 2.05) is 60.0 Å². The molecule has 2 aromatic carbocycles. The van der Waals surface area contributed by atoms with Crippen molar-refractivity contribution in [3.8, 4) is 16.8 Å². The molecule has 38 heavy (non-hydrogen) atoms. The molecule has 1 atom stereocenters. The van der Waals surface area contributed by atoms with Crippen LogP contribution in [0.5, 0.6) is 0 Å². The van der Waals surface area contributed by atoms with E-state index in [1.54, 1.807) is 11.3 Å². The molecule has 0 radical (unpaired) electrons. The number of thiophene rings is 1. The van der Waals surface area contributed by atoms with E-state index in [4.69, 9.17) is 22.3 Å². The van der Waals surface area contributed by atoms with Crippen LogP contribution in [0.3, 0.4) is 0 Å². The molecule has 0 aliphatic carbocycles. The molecule has 3 heterocycles. The predicted octanol–water partition coefficient (Wildman–Crippen LogP) is 5.56. The van der Waals surface area contributed by atoms with Gasteiger partial charge in [-0.25, -0.2) is 0 Å². The molecule has 1 aliphatic heterocycles. The van der Waals surface area contributed by atoms with E-state index in [-0.39, 0.29) is 24.7 Å². The lowest BCUT2D eigenvalue weighted by atomic mass is 9.99. The summed E-state index contributed by atoms with van der Waals surface area (Å²) in [7, 11) is 0. The number of aromatic nitrogens is 3. The van der Waals surface area contributed by atoms with Crippen LogP contribution in [0, 0.1) is 32.6 Å². The van der Waals surface area contributed by atoms with Crippen LogP contribution in [-0.2, 0) is 4.79 Å². The van der Waals surface area contributed by atoms with E-state index >= 15 is 0 Å². The van der Waals surface area contributed by atoms with Crippen molar-refractivity contribution in [2.24, 2.45) is 10.7 Å². The van der Waals surface area contributed by atoms with Gasteiger partial charge < -0.3 is 11.1 Å². The number of amides is 1. The Morgan fingerprint density at radius 3 is 2.50 bits per heavy atom. The second-order valence-electron chi connectivity index (χ2n) is 8.74. The molecule has 0 saturated heterocycles. The number of fused-ring (bicyclic) bond motifs is 3. The monoisotopic (exact) mass is 564 g/mol. The lowest BCUT2D eigenvalue weighted by molar-refractivity contribution is -0.116. The summed E-state index contributed by atoms with van der Waals surface area (Å²) in [6.45, 7) is 6.42. The minimum absolute atomic E-state index is 0. The highest BCUT2D eigenvalue weighted by Crippen LogP contribution is 2.39. The Kier molecular flexibility index (Phi) is 8.34. The molecule has 1 unspecified atom stereocenters. The summed E-state index contributed by atoms with van der Waals surface area (Å²) in [5.74, 6) is 7.03. The molecular formula is C28H26Cl2N6OS. The quantitative estimate of drug-likeness (QED) is 0.317. The number of nitrogens with one attached hydrogen (secondary N) is 1. The highest BCUT2D eigenvalue weighted by Gasteiger charge is 2.32. The van der Waals surface area contributed by atoms with Crippen LogP contribution in [0.1, 0.15) is 51.2 Å². The van der Waals surface area contributed by atoms with Gasteiger partial charge in [-0.2, -0.15) is 0 Å². The van der Waals surface area contributed by atoms with Gasteiger partial charge in [0.15, 0.2) is 5.82 Å². The summed E-state index contributed by atoms with van der Waals surface area (Å²) < 4.78 is 2.04. The third-order valence-electron chi connectivity index (χ3n) is 6.24. The van der Waals surface area contributed by atoms with Crippen LogP contribution in [0.25, 0.3) is 5.00 Å². The van der Waals surface area contributed by atoms with Crippen molar-refractivity contribution in [1.82, 2.24) is 14.8 Å². The van der Waals surface area contributed by atoms with Gasteiger partial charge in [0.2, 0.25) is 5.91 Å². The summed E-state index contributed by atoms with van der Waals surface area (Å²) in [6.07, 6.45) is 0.108. The molecule has 0 saturated carbocycles. The van der Waals surface area contributed by atoms with Gasteiger partial charge >= 0.3 is 0 Å². The van der Waals surface area contributed by atoms with Gasteiger partial charge in [-0.05, 0) is 62.7 Å². The number of carbonyl (C=O) groups excluding carboxylic acids is 1. The Morgan fingerprint density at radius 2 is 1.82 bits per heavy atom. The van der Waals surface area contributed by atoms with E-state index < -0.39 is 6.04 Å². The molecule has 3 N–H and O–H groups in total. The Hall–Kier alpha value is -3.48. The van der Waals surface area contributed by atoms with Crippen molar-refractivity contribution in [1.29, 1.82) is 0 Å². The van der Waals surface area contributed by atoms with Crippen LogP contribution in [0.4, 0.5) is 5.69 Å². The number of halogens is 2. The van der Waals surface area contributed by atoms with Gasteiger partial charge in [0.25, 0.3) is 0 Å². The molecule has 4 aromatic rings. The number of rotatable bonds is 4. The molecule has 1 amide bonds. The largest absolute Gasteiger partial charge is 0.326 e. The fourth-order valence-electron chi connectivity index (χ4n) is 4.31. The summed E-state index contributed by atoms with van der Waals surface area (Å²) in [5.41, 5.74) is 10.9. The van der Waals surface area contributed by atoms with E-state index in [0.717, 1.165) is 38.8 Å². The third kappa shape index (κ3) is 5.38. The maximum absolute atomic E-state index is 13.2. The number of aryl methyl sites for hydroxylation is 2. The molecule has 0 spiro atoms. The van der Waals surface area contributed by atoms with Gasteiger partial charge in [-0.3, -0.25) is 14.4 Å². The fourth-order valence-corrected chi connectivity index (χ4v) is 5.65. The van der Waals surface area contributed by atoms with Crippen LogP contribution < -0.4 is 11.1 Å². The van der Waals surface area contributed by atoms with Gasteiger partial charge in [0, 0.05) is 32.3 Å². The smallest absolute Gasteiger partial charge is 0.227 e. The Labute approximate surface area is 236 Å². The molecular weight excluding hydrogens is 539 g/mol. The van der Waals surface area contributed by atoms with Crippen molar-refractivity contribution in [2.45, 2.75) is 33.2 Å². The topological polar surface area (TPSA) is 98.2 Å². The molecule has 0 fully saturated rings. The fraction of sp³-hybridized carbons (Fsp3) is 0.214. The van der Waals surface area contributed by atoms with E-state index in [1.165, 1.54) is 4.88 Å². The van der Waals surface area contributed by atoms with Crippen LogP contribution >= 0.6 is 35.3 Å². The van der Waals surface area contributed by atoms with E-state index in [9.17, 15) is 4.79 Å². The van der Waals surface area contributed by atoms with Gasteiger partial charge in [-0.15, -0.1) is 33.9 Å². The zero-order chi connectivity index (χ0) is 26.1. The molecule has 0 bridgehead atoms. The minimum atomic E-state index is -0.527.